The number of hydrogen-bond acceptors (Lipinski definition) is 4. The van der Waals surface area contributed by atoms with Crippen molar-refractivity contribution in [1.82, 2.24) is 10.6 Å². The number of amides is 2. The van der Waals surface area contributed by atoms with Crippen LogP contribution in [0.3, 0.4) is 0 Å². The quantitative estimate of drug-likeness (QED) is 0.620. The summed E-state index contributed by atoms with van der Waals surface area (Å²) >= 11 is 0. The predicted molar refractivity (Wildman–Crippen MR) is 117 cm³/mol. The molecule has 0 saturated heterocycles. The molecule has 2 aromatic rings. The first-order valence-electron chi connectivity index (χ1n) is 11.1. The van der Waals surface area contributed by atoms with Crippen LogP contribution in [0.15, 0.2) is 48.5 Å². The number of aliphatic carboxylic acids is 1. The van der Waals surface area contributed by atoms with E-state index in [1.807, 2.05) is 24.3 Å². The van der Waals surface area contributed by atoms with Crippen LogP contribution in [0, 0.1) is 11.3 Å². The summed E-state index contributed by atoms with van der Waals surface area (Å²) in [5.74, 6) is -0.778. The lowest BCUT2D eigenvalue weighted by Crippen LogP contribution is -2.38. The second-order valence-corrected chi connectivity index (χ2v) is 9.06. The molecule has 3 aliphatic rings. The van der Waals surface area contributed by atoms with Gasteiger partial charge in [-0.15, -0.1) is 0 Å². The van der Waals surface area contributed by atoms with Crippen LogP contribution in [0.1, 0.15) is 42.7 Å². The Balaban J connectivity index is 1.15. The summed E-state index contributed by atoms with van der Waals surface area (Å²) in [5, 5.41) is 14.4. The van der Waals surface area contributed by atoms with Gasteiger partial charge in [0.2, 0.25) is 5.91 Å². The predicted octanol–water partition coefficient (Wildman–Crippen LogP) is 3.28. The van der Waals surface area contributed by atoms with E-state index in [-0.39, 0.29) is 43.4 Å². The van der Waals surface area contributed by atoms with Crippen LogP contribution in [0.4, 0.5) is 4.79 Å². The van der Waals surface area contributed by atoms with Gasteiger partial charge < -0.3 is 20.5 Å². The summed E-state index contributed by atoms with van der Waals surface area (Å²) in [6, 6.07) is 16.3. The number of fused-ring (bicyclic) bond motifs is 4. The van der Waals surface area contributed by atoms with Gasteiger partial charge >= 0.3 is 12.1 Å². The molecular weight excluding hydrogens is 408 g/mol. The molecule has 0 spiro atoms. The zero-order valence-electron chi connectivity index (χ0n) is 17.7. The first-order valence-corrected chi connectivity index (χ1v) is 11.1. The fourth-order valence-electron chi connectivity index (χ4n) is 5.55. The molecule has 32 heavy (non-hydrogen) atoms. The molecule has 0 radical (unpaired) electrons. The van der Waals surface area contributed by atoms with E-state index in [0.717, 1.165) is 12.8 Å². The van der Waals surface area contributed by atoms with Gasteiger partial charge in [0, 0.05) is 18.5 Å². The van der Waals surface area contributed by atoms with Gasteiger partial charge in [0.15, 0.2) is 0 Å². The maximum atomic E-state index is 12.5. The highest BCUT2D eigenvalue weighted by Crippen LogP contribution is 2.63. The number of benzene rings is 2. The van der Waals surface area contributed by atoms with Gasteiger partial charge in [-0.25, -0.2) is 4.79 Å². The molecule has 7 heteroatoms. The second kappa shape index (κ2) is 7.97. The minimum atomic E-state index is -0.934. The van der Waals surface area contributed by atoms with Crippen molar-refractivity contribution in [2.24, 2.45) is 11.3 Å². The van der Waals surface area contributed by atoms with Crippen molar-refractivity contribution < 1.29 is 24.2 Å². The number of carbonyl (C=O) groups is 3. The van der Waals surface area contributed by atoms with Gasteiger partial charge in [-0.2, -0.15) is 0 Å². The zero-order chi connectivity index (χ0) is 22.3. The van der Waals surface area contributed by atoms with Crippen LogP contribution < -0.4 is 10.6 Å². The third-order valence-corrected chi connectivity index (χ3v) is 7.15. The molecule has 0 unspecified atom stereocenters. The van der Waals surface area contributed by atoms with Crippen LogP contribution in [0.25, 0.3) is 11.1 Å². The Labute approximate surface area is 186 Å². The number of rotatable bonds is 7. The molecule has 2 amide bonds. The molecule has 2 aromatic carbocycles. The van der Waals surface area contributed by atoms with Gasteiger partial charge in [0.1, 0.15) is 6.61 Å². The first-order chi connectivity index (χ1) is 15.5. The van der Waals surface area contributed by atoms with E-state index in [2.05, 4.69) is 34.9 Å². The smallest absolute Gasteiger partial charge is 0.407 e. The monoisotopic (exact) mass is 434 g/mol. The van der Waals surface area contributed by atoms with E-state index in [0.29, 0.717) is 6.42 Å². The highest BCUT2D eigenvalue weighted by atomic mass is 16.5. The summed E-state index contributed by atoms with van der Waals surface area (Å²) < 4.78 is 5.62. The number of carboxylic acid groups (broad SMARTS) is 1. The van der Waals surface area contributed by atoms with Crippen LogP contribution >= 0.6 is 0 Å². The van der Waals surface area contributed by atoms with Crippen molar-refractivity contribution in [3.05, 3.63) is 59.7 Å². The lowest BCUT2D eigenvalue weighted by molar-refractivity contribution is -0.137. The molecule has 166 valence electrons. The number of carbonyl (C=O) groups excluding carboxylic acids is 2. The molecule has 3 aliphatic carbocycles. The van der Waals surface area contributed by atoms with Gasteiger partial charge in [-0.3, -0.25) is 9.59 Å². The molecule has 0 aliphatic heterocycles. The highest BCUT2D eigenvalue weighted by Gasteiger charge is 2.65. The van der Waals surface area contributed by atoms with Gasteiger partial charge in [0.25, 0.3) is 0 Å². The molecule has 0 aromatic heterocycles. The average Bonchev–Trinajstić information content (AvgIpc) is 3.20. The second-order valence-electron chi connectivity index (χ2n) is 9.06. The Morgan fingerprint density at radius 2 is 1.66 bits per heavy atom. The van der Waals surface area contributed by atoms with Crippen molar-refractivity contribution in [2.45, 2.75) is 37.6 Å². The number of hydrogen-bond donors (Lipinski definition) is 3. The minimum Gasteiger partial charge on any atom is -0.481 e. The molecule has 2 fully saturated rings. The lowest BCUT2D eigenvalue weighted by Gasteiger charge is -2.19. The number of ether oxygens (including phenoxy) is 1. The summed E-state index contributed by atoms with van der Waals surface area (Å²) in [7, 11) is 0. The lowest BCUT2D eigenvalue weighted by atomic mass is 9.98. The zero-order valence-corrected chi connectivity index (χ0v) is 17.7. The highest BCUT2D eigenvalue weighted by molar-refractivity contribution is 5.87. The normalized spacial score (nSPS) is 24.8. The van der Waals surface area contributed by atoms with Gasteiger partial charge in [-0.05, 0) is 47.4 Å². The fourth-order valence-corrected chi connectivity index (χ4v) is 5.55. The standard InChI is InChI=1S/C25H26N2O5/c28-22(29)9-10-26-23(30)25-12-15(25)11-16(13-25)27-24(31)32-14-21-19-7-3-1-5-17(19)18-6-2-4-8-20(18)21/h1-8,15-16,21H,9-14H2,(H,26,30)(H,27,31)(H,28,29)/t15-,16+,25+/m1/s1. The Hall–Kier alpha value is -3.35. The van der Waals surface area contributed by atoms with E-state index in [1.165, 1.54) is 22.3 Å². The average molecular weight is 434 g/mol. The van der Waals surface area contributed by atoms with Crippen LogP contribution in [-0.2, 0) is 14.3 Å². The Bertz CT molecular complexity index is 1040. The topological polar surface area (TPSA) is 105 Å². The largest absolute Gasteiger partial charge is 0.481 e. The van der Waals surface area contributed by atoms with Crippen molar-refractivity contribution in [1.29, 1.82) is 0 Å². The summed E-state index contributed by atoms with van der Waals surface area (Å²) in [5.41, 5.74) is 4.24. The van der Waals surface area contributed by atoms with E-state index < -0.39 is 17.5 Å². The Morgan fingerprint density at radius 3 is 2.31 bits per heavy atom. The van der Waals surface area contributed by atoms with Crippen molar-refractivity contribution in [3.63, 3.8) is 0 Å². The number of nitrogens with one attached hydrogen (secondary N) is 2. The van der Waals surface area contributed by atoms with Crippen LogP contribution in [-0.4, -0.2) is 42.3 Å². The molecule has 0 bridgehead atoms. The van der Waals surface area contributed by atoms with E-state index in [4.69, 9.17) is 9.84 Å². The molecule has 3 atom stereocenters. The van der Waals surface area contributed by atoms with Crippen molar-refractivity contribution in [2.75, 3.05) is 13.2 Å². The maximum Gasteiger partial charge on any atom is 0.407 e. The maximum absolute atomic E-state index is 12.5. The van der Waals surface area contributed by atoms with E-state index >= 15 is 0 Å². The van der Waals surface area contributed by atoms with E-state index in [1.54, 1.807) is 0 Å². The Morgan fingerprint density at radius 1 is 1.00 bits per heavy atom. The third-order valence-electron chi connectivity index (χ3n) is 7.15. The molecule has 0 heterocycles. The fraction of sp³-hybridized carbons (Fsp3) is 0.400. The molecule has 3 N–H and O–H groups in total. The van der Waals surface area contributed by atoms with Gasteiger partial charge in [-0.1, -0.05) is 48.5 Å². The van der Waals surface area contributed by atoms with Crippen LogP contribution in [0.5, 0.6) is 0 Å². The van der Waals surface area contributed by atoms with Crippen molar-refractivity contribution in [3.8, 4) is 11.1 Å². The van der Waals surface area contributed by atoms with Crippen molar-refractivity contribution >= 4 is 18.0 Å². The summed E-state index contributed by atoms with van der Waals surface area (Å²) in [6.45, 7) is 0.393. The SMILES string of the molecule is O=C(O)CCNC(=O)[C@@]12C[C@@H](NC(=O)OCC3c4ccccc4-c4ccccc43)C[C@@H]1C2. The van der Waals surface area contributed by atoms with E-state index in [9.17, 15) is 14.4 Å². The Kier molecular flexibility index (Phi) is 5.12. The summed E-state index contributed by atoms with van der Waals surface area (Å²) in [6.07, 6.45) is 1.57. The number of alkyl carbamates (subject to hydrolysis) is 1. The van der Waals surface area contributed by atoms with Gasteiger partial charge in [0.05, 0.1) is 11.8 Å². The molecular formula is C25H26N2O5. The number of carboxylic acids is 1. The first kappa shape index (κ1) is 20.5. The van der Waals surface area contributed by atoms with Crippen LogP contribution in [0.2, 0.25) is 0 Å². The molecule has 7 nitrogen and oxygen atoms in total. The molecule has 2 saturated carbocycles. The summed E-state index contributed by atoms with van der Waals surface area (Å²) in [4.78, 5) is 35.7. The minimum absolute atomic E-state index is 0.0106. The third kappa shape index (κ3) is 3.61. The molecule has 5 rings (SSSR count).